The number of halogens is 1. The first-order chi connectivity index (χ1) is 14.4. The lowest BCUT2D eigenvalue weighted by Crippen LogP contribution is -2.40. The van der Waals surface area contributed by atoms with Crippen LogP contribution in [0.5, 0.6) is 0 Å². The van der Waals surface area contributed by atoms with E-state index >= 15 is 0 Å². The number of hydrogen-bond donors (Lipinski definition) is 1. The van der Waals surface area contributed by atoms with Crippen molar-refractivity contribution in [2.75, 3.05) is 31.6 Å². The maximum Gasteiger partial charge on any atom is 0.243 e. The number of nitrogens with one attached hydrogen (secondary N) is 1. The summed E-state index contributed by atoms with van der Waals surface area (Å²) in [5.41, 5.74) is 2.12. The van der Waals surface area contributed by atoms with Crippen LogP contribution in [-0.4, -0.2) is 49.2 Å². The highest BCUT2D eigenvalue weighted by Gasteiger charge is 2.28. The van der Waals surface area contributed by atoms with Gasteiger partial charge in [0.25, 0.3) is 0 Å². The highest BCUT2D eigenvalue weighted by molar-refractivity contribution is 7.89. The first-order valence-corrected chi connectivity index (χ1v) is 10.9. The van der Waals surface area contributed by atoms with Crippen molar-refractivity contribution < 1.29 is 17.5 Å². The minimum Gasteiger partial charge on any atom is -0.379 e. The molecule has 2 heterocycles. The van der Waals surface area contributed by atoms with Crippen LogP contribution in [0.25, 0.3) is 11.3 Å². The molecule has 7 nitrogen and oxygen atoms in total. The fourth-order valence-corrected chi connectivity index (χ4v) is 4.88. The number of sulfonamides is 1. The minimum absolute atomic E-state index is 0.247. The van der Waals surface area contributed by atoms with Gasteiger partial charge in [-0.05, 0) is 42.8 Å². The van der Waals surface area contributed by atoms with Gasteiger partial charge in [0.2, 0.25) is 10.0 Å². The van der Waals surface area contributed by atoms with Crippen molar-refractivity contribution in [1.29, 1.82) is 0 Å². The van der Waals surface area contributed by atoms with E-state index in [1.165, 1.54) is 10.4 Å². The van der Waals surface area contributed by atoms with Gasteiger partial charge < -0.3 is 10.1 Å². The average molecular weight is 428 g/mol. The second kappa shape index (κ2) is 8.47. The number of aromatic nitrogens is 2. The molecule has 0 aliphatic carbocycles. The van der Waals surface area contributed by atoms with Gasteiger partial charge in [0.15, 0.2) is 5.82 Å². The number of anilines is 2. The molecule has 0 atom stereocenters. The Labute approximate surface area is 174 Å². The van der Waals surface area contributed by atoms with Crippen LogP contribution < -0.4 is 5.32 Å². The summed E-state index contributed by atoms with van der Waals surface area (Å²) in [5, 5.41) is 11.1. The number of morpholine rings is 1. The van der Waals surface area contributed by atoms with Gasteiger partial charge in [0.05, 0.1) is 29.5 Å². The van der Waals surface area contributed by atoms with Gasteiger partial charge in [0, 0.05) is 18.7 Å². The van der Waals surface area contributed by atoms with Gasteiger partial charge in [-0.3, -0.25) is 0 Å². The molecule has 0 amide bonds. The van der Waals surface area contributed by atoms with Gasteiger partial charge in [-0.15, -0.1) is 10.2 Å². The quantitative estimate of drug-likeness (QED) is 0.671. The van der Waals surface area contributed by atoms with Crippen molar-refractivity contribution >= 4 is 21.5 Å². The summed E-state index contributed by atoms with van der Waals surface area (Å²) in [6.07, 6.45) is 0. The molecular formula is C21H21FN4O3S. The summed E-state index contributed by atoms with van der Waals surface area (Å²) in [6.45, 7) is 3.22. The zero-order chi connectivity index (χ0) is 21.1. The Hall–Kier alpha value is -2.88. The van der Waals surface area contributed by atoms with E-state index in [4.69, 9.17) is 4.74 Å². The van der Waals surface area contributed by atoms with Gasteiger partial charge in [-0.2, -0.15) is 4.31 Å². The Morgan fingerprint density at radius 1 is 1.03 bits per heavy atom. The summed E-state index contributed by atoms with van der Waals surface area (Å²) >= 11 is 0. The molecule has 0 radical (unpaired) electrons. The molecule has 1 aliphatic rings. The molecule has 3 aromatic rings. The van der Waals surface area contributed by atoms with Crippen LogP contribution in [-0.2, 0) is 14.8 Å². The van der Waals surface area contributed by atoms with E-state index in [1.54, 1.807) is 49.4 Å². The van der Waals surface area contributed by atoms with Crippen LogP contribution in [0.3, 0.4) is 0 Å². The van der Waals surface area contributed by atoms with E-state index in [1.807, 2.05) is 6.07 Å². The van der Waals surface area contributed by atoms with Gasteiger partial charge >= 0.3 is 0 Å². The van der Waals surface area contributed by atoms with Gasteiger partial charge in [-0.1, -0.05) is 24.3 Å². The fourth-order valence-electron chi connectivity index (χ4n) is 3.22. The Kier molecular flexibility index (Phi) is 5.76. The van der Waals surface area contributed by atoms with E-state index in [2.05, 4.69) is 15.5 Å². The average Bonchev–Trinajstić information content (AvgIpc) is 2.77. The summed E-state index contributed by atoms with van der Waals surface area (Å²) in [7, 11) is -3.63. The van der Waals surface area contributed by atoms with E-state index in [-0.39, 0.29) is 10.7 Å². The molecule has 1 saturated heterocycles. The predicted octanol–water partition coefficient (Wildman–Crippen LogP) is 3.36. The molecule has 4 rings (SSSR count). The lowest BCUT2D eigenvalue weighted by molar-refractivity contribution is 0.0730. The summed E-state index contributed by atoms with van der Waals surface area (Å²) in [4.78, 5) is 0.247. The summed E-state index contributed by atoms with van der Waals surface area (Å²) < 4.78 is 46.6. The molecule has 9 heteroatoms. The fraction of sp³-hybridized carbons (Fsp3) is 0.238. The van der Waals surface area contributed by atoms with Crippen LogP contribution in [0.4, 0.5) is 15.9 Å². The van der Waals surface area contributed by atoms with Crippen LogP contribution in [0.1, 0.15) is 5.56 Å². The lowest BCUT2D eigenvalue weighted by Gasteiger charge is -2.26. The standard InChI is InChI=1S/C21H21FN4O3S/c1-15-6-7-16(14-20(15)30(27,28)26-10-12-29-13-11-26)18-8-9-21(25-24-18)23-19-5-3-2-4-17(19)22/h2-9,14H,10-13H2,1H3,(H,23,25). The van der Waals surface area contributed by atoms with Crippen LogP contribution in [0.2, 0.25) is 0 Å². The first kappa shape index (κ1) is 20.4. The zero-order valence-electron chi connectivity index (χ0n) is 16.4. The number of nitrogens with zero attached hydrogens (tertiary/aromatic N) is 3. The van der Waals surface area contributed by atoms with Crippen LogP contribution in [0, 0.1) is 12.7 Å². The minimum atomic E-state index is -3.63. The molecule has 0 saturated carbocycles. The smallest absolute Gasteiger partial charge is 0.243 e. The normalized spacial score (nSPS) is 15.1. The second-order valence-electron chi connectivity index (χ2n) is 6.91. The lowest BCUT2D eigenvalue weighted by atomic mass is 10.1. The molecule has 1 aliphatic heterocycles. The molecule has 2 aromatic carbocycles. The molecule has 156 valence electrons. The Morgan fingerprint density at radius 3 is 2.50 bits per heavy atom. The topological polar surface area (TPSA) is 84.4 Å². The summed E-state index contributed by atoms with van der Waals surface area (Å²) in [6, 6.07) is 14.9. The zero-order valence-corrected chi connectivity index (χ0v) is 17.2. The molecule has 30 heavy (non-hydrogen) atoms. The highest BCUT2D eigenvalue weighted by atomic mass is 32.2. The van der Waals surface area contributed by atoms with Crippen LogP contribution in [0.15, 0.2) is 59.5 Å². The van der Waals surface area contributed by atoms with E-state index in [0.717, 1.165) is 0 Å². The predicted molar refractivity (Wildman–Crippen MR) is 111 cm³/mol. The third-order valence-corrected chi connectivity index (χ3v) is 6.91. The third-order valence-electron chi connectivity index (χ3n) is 4.87. The molecule has 0 bridgehead atoms. The number of rotatable bonds is 5. The van der Waals surface area contributed by atoms with Gasteiger partial charge in [-0.25, -0.2) is 12.8 Å². The number of para-hydroxylation sites is 1. The first-order valence-electron chi connectivity index (χ1n) is 9.49. The number of ether oxygens (including phenoxy) is 1. The Bertz CT molecular complexity index is 1150. The van der Waals surface area contributed by atoms with Crippen molar-refractivity contribution in [1.82, 2.24) is 14.5 Å². The monoisotopic (exact) mass is 428 g/mol. The van der Waals surface area contributed by atoms with Crippen LogP contribution >= 0.6 is 0 Å². The molecule has 0 unspecified atom stereocenters. The van der Waals surface area contributed by atoms with Crippen molar-refractivity contribution in [2.45, 2.75) is 11.8 Å². The Balaban J connectivity index is 1.60. The summed E-state index contributed by atoms with van der Waals surface area (Å²) in [5.74, 6) is -0.00278. The molecular weight excluding hydrogens is 407 g/mol. The number of benzene rings is 2. The van der Waals surface area contributed by atoms with E-state index in [9.17, 15) is 12.8 Å². The number of hydrogen-bond acceptors (Lipinski definition) is 6. The third kappa shape index (κ3) is 4.18. The van der Waals surface area contributed by atoms with Crippen molar-refractivity contribution in [3.8, 4) is 11.3 Å². The van der Waals surface area contributed by atoms with Crippen molar-refractivity contribution in [3.63, 3.8) is 0 Å². The SMILES string of the molecule is Cc1ccc(-c2ccc(Nc3ccccc3F)nn2)cc1S(=O)(=O)N1CCOCC1. The Morgan fingerprint density at radius 2 is 1.80 bits per heavy atom. The van der Waals surface area contributed by atoms with Crippen molar-refractivity contribution in [3.05, 3.63) is 66.0 Å². The molecule has 1 N–H and O–H groups in total. The largest absolute Gasteiger partial charge is 0.379 e. The maximum absolute atomic E-state index is 13.8. The molecule has 0 spiro atoms. The van der Waals surface area contributed by atoms with E-state index in [0.29, 0.717) is 54.6 Å². The second-order valence-corrected chi connectivity index (χ2v) is 8.81. The molecule has 1 fully saturated rings. The molecule has 1 aromatic heterocycles. The van der Waals surface area contributed by atoms with Gasteiger partial charge in [0.1, 0.15) is 5.82 Å². The highest BCUT2D eigenvalue weighted by Crippen LogP contribution is 2.27. The number of aryl methyl sites for hydroxylation is 1. The maximum atomic E-state index is 13.8. The van der Waals surface area contributed by atoms with E-state index < -0.39 is 10.0 Å². The van der Waals surface area contributed by atoms with Crippen molar-refractivity contribution in [2.24, 2.45) is 0 Å².